The second-order valence-electron chi connectivity index (χ2n) is 7.91. The lowest BCUT2D eigenvalue weighted by molar-refractivity contribution is -0.137. The predicted octanol–water partition coefficient (Wildman–Crippen LogP) is 2.75. The maximum absolute atomic E-state index is 13.0. The third-order valence-electron chi connectivity index (χ3n) is 5.51. The molecule has 1 saturated carbocycles. The van der Waals surface area contributed by atoms with Crippen molar-refractivity contribution in [3.63, 3.8) is 0 Å². The normalized spacial score (nSPS) is 20.5. The van der Waals surface area contributed by atoms with E-state index in [1.165, 1.54) is 12.8 Å². The second-order valence-corrected chi connectivity index (χ2v) is 8.71. The highest BCUT2D eigenvalue weighted by Gasteiger charge is 2.34. The molecule has 0 radical (unpaired) electrons. The summed E-state index contributed by atoms with van der Waals surface area (Å²) in [4.78, 5) is 22.9. The van der Waals surface area contributed by atoms with Crippen molar-refractivity contribution in [2.45, 2.75) is 38.4 Å². The summed E-state index contributed by atoms with van der Waals surface area (Å²) < 4.78 is 64.2. The maximum Gasteiger partial charge on any atom is 0.417 e. The number of piperidine rings is 1. The summed E-state index contributed by atoms with van der Waals surface area (Å²) in [5.41, 5.74) is -1.02. The summed E-state index contributed by atoms with van der Waals surface area (Å²) in [5, 5.41) is 0. The first kappa shape index (κ1) is 21.8. The summed E-state index contributed by atoms with van der Waals surface area (Å²) in [6.45, 7) is 1.86. The van der Waals surface area contributed by atoms with E-state index in [-0.39, 0.29) is 12.4 Å². The third-order valence-corrected chi connectivity index (χ3v) is 6.18. The molecule has 1 unspecified atom stereocenters. The number of alkyl halides is 3. The van der Waals surface area contributed by atoms with Crippen LogP contribution in [0.4, 0.5) is 24.8 Å². The van der Waals surface area contributed by atoms with E-state index in [1.54, 1.807) is 6.33 Å². The second kappa shape index (κ2) is 8.58. The van der Waals surface area contributed by atoms with E-state index in [0.29, 0.717) is 41.9 Å². The molecule has 2 fully saturated rings. The fraction of sp³-hybridized carbons (Fsp3) is 0.526. The number of pyridine rings is 1. The van der Waals surface area contributed by atoms with Crippen LogP contribution in [0, 0.1) is 11.8 Å². The lowest BCUT2D eigenvalue weighted by atomic mass is 9.97. The van der Waals surface area contributed by atoms with Gasteiger partial charge in [-0.15, -0.1) is 0 Å². The van der Waals surface area contributed by atoms with Crippen molar-refractivity contribution in [2.75, 3.05) is 22.3 Å². The summed E-state index contributed by atoms with van der Waals surface area (Å²) in [6.07, 6.45) is 3.14. The van der Waals surface area contributed by atoms with Crippen LogP contribution in [0.2, 0.25) is 0 Å². The first-order valence-corrected chi connectivity index (χ1v) is 11.0. The van der Waals surface area contributed by atoms with Crippen LogP contribution < -0.4 is 9.21 Å². The Morgan fingerprint density at radius 2 is 2.03 bits per heavy atom. The lowest BCUT2D eigenvalue weighted by Crippen LogP contribution is -2.46. The van der Waals surface area contributed by atoms with Gasteiger partial charge < -0.3 is 14.0 Å². The van der Waals surface area contributed by atoms with Crippen molar-refractivity contribution in [3.8, 4) is 0 Å². The van der Waals surface area contributed by atoms with Crippen molar-refractivity contribution < 1.29 is 26.7 Å². The number of anilines is 2. The molecular weight excluding hydrogens is 435 g/mol. The number of nitrogens with zero attached hydrogens (tertiary/aromatic N) is 5. The van der Waals surface area contributed by atoms with Gasteiger partial charge in [0.2, 0.25) is 5.91 Å². The molecule has 0 spiro atoms. The molecule has 8 nitrogen and oxygen atoms in total. The molecule has 1 aliphatic heterocycles. The van der Waals surface area contributed by atoms with E-state index in [4.69, 9.17) is 0 Å². The zero-order valence-electron chi connectivity index (χ0n) is 16.5. The van der Waals surface area contributed by atoms with Crippen LogP contribution in [0.3, 0.4) is 0 Å². The number of hydrogen-bond acceptors (Lipinski definition) is 6. The van der Waals surface area contributed by atoms with E-state index in [2.05, 4.69) is 9.97 Å². The van der Waals surface area contributed by atoms with Crippen LogP contribution in [0.25, 0.3) is 0 Å². The quantitative estimate of drug-likeness (QED) is 0.621. The van der Waals surface area contributed by atoms with Gasteiger partial charge in [-0.05, 0) is 43.7 Å². The third kappa shape index (κ3) is 5.06. The number of amides is 1. The number of imidazole rings is 1. The fourth-order valence-electron chi connectivity index (χ4n) is 3.70. The van der Waals surface area contributed by atoms with Crippen LogP contribution >= 0.6 is 0 Å². The molecule has 2 aliphatic rings. The Bertz CT molecular complexity index is 961. The molecule has 2 aromatic heterocycles. The van der Waals surface area contributed by atoms with Gasteiger partial charge in [0.1, 0.15) is 11.6 Å². The highest BCUT2D eigenvalue weighted by molar-refractivity contribution is 7.81. The lowest BCUT2D eigenvalue weighted by Gasteiger charge is -2.35. The van der Waals surface area contributed by atoms with Gasteiger partial charge in [0, 0.05) is 32.0 Å². The number of carbonyl (C=O) groups excluding carboxylic acids is 1. The van der Waals surface area contributed by atoms with Crippen molar-refractivity contribution in [2.24, 2.45) is 11.8 Å². The molecule has 31 heavy (non-hydrogen) atoms. The Kier molecular flexibility index (Phi) is 6.02. The summed E-state index contributed by atoms with van der Waals surface area (Å²) in [5.74, 6) is -0.320. The van der Waals surface area contributed by atoms with Gasteiger partial charge in [0.25, 0.3) is 0 Å². The average Bonchev–Trinajstić information content (AvgIpc) is 3.42. The van der Waals surface area contributed by atoms with Gasteiger partial charge >= 0.3 is 6.18 Å². The van der Waals surface area contributed by atoms with E-state index < -0.39 is 34.8 Å². The van der Waals surface area contributed by atoms with Gasteiger partial charge in [-0.3, -0.25) is 9.00 Å². The van der Waals surface area contributed by atoms with Gasteiger partial charge in [-0.1, -0.05) is 0 Å². The molecule has 1 aliphatic carbocycles. The van der Waals surface area contributed by atoms with E-state index in [9.17, 15) is 26.7 Å². The zero-order chi connectivity index (χ0) is 22.2. The summed E-state index contributed by atoms with van der Waals surface area (Å²) in [7, 11) is 0. The van der Waals surface area contributed by atoms with E-state index >= 15 is 0 Å². The molecule has 168 valence electrons. The molecule has 0 aromatic carbocycles. The number of hydrogen-bond donors (Lipinski definition) is 0. The predicted molar refractivity (Wildman–Crippen MR) is 106 cm³/mol. The van der Waals surface area contributed by atoms with Gasteiger partial charge in [-0.25, -0.2) is 14.3 Å². The summed E-state index contributed by atoms with van der Waals surface area (Å²) >= 11 is -3.01. The minimum Gasteiger partial charge on any atom is -0.755 e. The van der Waals surface area contributed by atoms with E-state index in [1.807, 2.05) is 15.7 Å². The molecule has 2 aromatic rings. The van der Waals surface area contributed by atoms with Crippen molar-refractivity contribution in [1.82, 2.24) is 14.5 Å². The van der Waals surface area contributed by atoms with Crippen LogP contribution in [-0.4, -0.2) is 42.3 Å². The molecule has 0 bridgehead atoms. The smallest absolute Gasteiger partial charge is 0.417 e. The molecule has 3 heterocycles. The highest BCUT2D eigenvalue weighted by Crippen LogP contribution is 2.32. The Balaban J connectivity index is 1.48. The number of aromatic nitrogens is 3. The standard InChI is InChI=1S/C19H22F3N5O3S/c20-19(21,22)15-5-6-16(23-8-15)27(31(29)30)18(28)14-2-1-7-26(10-14)17-11-25(12-24-17)9-13-3-4-13/h5-6,8,11-14H,1-4,7,9-10H2,(H,29,30)/p-1/t14-/m1/s1. The molecule has 12 heteroatoms. The number of rotatable bonds is 6. The first-order chi connectivity index (χ1) is 14.7. The largest absolute Gasteiger partial charge is 0.755 e. The van der Waals surface area contributed by atoms with Crippen molar-refractivity contribution >= 4 is 28.8 Å². The number of carbonyl (C=O) groups is 1. The van der Waals surface area contributed by atoms with Crippen LogP contribution in [0.1, 0.15) is 31.2 Å². The SMILES string of the molecule is O=C([C@@H]1CCCN(c2cn(CC3CC3)cn2)C1)N(c1ccc(C(F)(F)F)cn1)S(=O)[O-]. The Morgan fingerprint density at radius 1 is 1.26 bits per heavy atom. The highest BCUT2D eigenvalue weighted by atomic mass is 32.2. The van der Waals surface area contributed by atoms with Crippen molar-refractivity contribution in [1.29, 1.82) is 0 Å². The Morgan fingerprint density at radius 3 is 2.65 bits per heavy atom. The molecule has 0 N–H and O–H groups in total. The molecule has 2 atom stereocenters. The van der Waals surface area contributed by atoms with Crippen LogP contribution in [0.5, 0.6) is 0 Å². The van der Waals surface area contributed by atoms with Gasteiger partial charge in [0.15, 0.2) is 0 Å². The number of halogens is 3. The monoisotopic (exact) mass is 456 g/mol. The first-order valence-electron chi connectivity index (χ1n) is 9.95. The summed E-state index contributed by atoms with van der Waals surface area (Å²) in [6, 6.07) is 1.59. The van der Waals surface area contributed by atoms with E-state index in [0.717, 1.165) is 18.4 Å². The molecule has 1 saturated heterocycles. The van der Waals surface area contributed by atoms with Crippen LogP contribution in [0.15, 0.2) is 30.9 Å². The molecular formula is C19H21F3N5O3S-. The zero-order valence-corrected chi connectivity index (χ0v) is 17.3. The Labute approximate surface area is 179 Å². The average molecular weight is 456 g/mol. The minimum absolute atomic E-state index is 0.271. The topological polar surface area (TPSA) is 94.4 Å². The maximum atomic E-state index is 13.0. The fourth-order valence-corrected chi connectivity index (χ4v) is 4.26. The molecule has 1 amide bonds. The van der Waals surface area contributed by atoms with Crippen molar-refractivity contribution in [3.05, 3.63) is 36.4 Å². The van der Waals surface area contributed by atoms with Gasteiger partial charge in [-0.2, -0.15) is 13.2 Å². The van der Waals surface area contributed by atoms with Gasteiger partial charge in [0.05, 0.1) is 29.1 Å². The van der Waals surface area contributed by atoms with Crippen LogP contribution in [-0.2, 0) is 28.8 Å². The minimum atomic E-state index is -4.61. The molecule has 4 rings (SSSR count). The Hall–Kier alpha value is -2.47.